The van der Waals surface area contributed by atoms with Crippen molar-refractivity contribution in [2.45, 2.75) is 25.3 Å². The molecule has 0 amide bonds. The fourth-order valence-electron chi connectivity index (χ4n) is 1.79. The number of benzene rings is 1. The smallest absolute Gasteiger partial charge is 0.238 e. The molecule has 0 atom stereocenters. The summed E-state index contributed by atoms with van der Waals surface area (Å²) in [5.74, 6) is 1.43. The fraction of sp³-hybridized carbons (Fsp3) is 0.333. The first-order valence-corrected chi connectivity index (χ1v) is 7.73. The van der Waals surface area contributed by atoms with E-state index < -0.39 is 10.0 Å². The molecule has 108 valence electrons. The molecule has 0 saturated heterocycles. The maximum absolute atomic E-state index is 11.2. The van der Waals surface area contributed by atoms with Gasteiger partial charge in [0.2, 0.25) is 10.0 Å². The first-order chi connectivity index (χ1) is 9.41. The maximum atomic E-state index is 11.2. The second kappa shape index (κ2) is 5.70. The predicted octanol–water partition coefficient (Wildman–Crippen LogP) is 0.333. The van der Waals surface area contributed by atoms with Gasteiger partial charge >= 0.3 is 0 Å². The van der Waals surface area contributed by atoms with E-state index in [0.717, 1.165) is 18.1 Å². The van der Waals surface area contributed by atoms with Crippen molar-refractivity contribution in [3.63, 3.8) is 0 Å². The zero-order valence-electron chi connectivity index (χ0n) is 11.4. The molecule has 0 unspecified atom stereocenters. The van der Waals surface area contributed by atoms with E-state index in [4.69, 9.17) is 5.14 Å². The van der Waals surface area contributed by atoms with Crippen molar-refractivity contribution in [2.24, 2.45) is 5.14 Å². The second-order valence-electron chi connectivity index (χ2n) is 4.31. The van der Waals surface area contributed by atoms with E-state index in [2.05, 4.69) is 15.4 Å². The summed E-state index contributed by atoms with van der Waals surface area (Å²) in [5, 5.41) is 12.6. The maximum Gasteiger partial charge on any atom is 0.238 e. The van der Waals surface area contributed by atoms with Crippen LogP contribution in [0.5, 0.6) is 0 Å². The Bertz CT molecular complexity index is 691. The Hall–Kier alpha value is -1.77. The topological polar surface area (TPSA) is 103 Å². The van der Waals surface area contributed by atoms with Gasteiger partial charge in [0.15, 0.2) is 0 Å². The second-order valence-corrected chi connectivity index (χ2v) is 5.87. The van der Waals surface area contributed by atoms with Crippen LogP contribution in [0, 0.1) is 6.92 Å². The van der Waals surface area contributed by atoms with E-state index in [1.165, 1.54) is 12.1 Å². The molecule has 0 fully saturated rings. The molecule has 0 saturated carbocycles. The largest absolute Gasteiger partial charge is 0.310 e. The van der Waals surface area contributed by atoms with Crippen molar-refractivity contribution >= 4 is 10.0 Å². The van der Waals surface area contributed by atoms with Crippen LogP contribution in [-0.4, -0.2) is 29.7 Å². The average Bonchev–Trinajstić information content (AvgIpc) is 2.76. The van der Waals surface area contributed by atoms with Crippen LogP contribution in [0.15, 0.2) is 29.2 Å². The van der Waals surface area contributed by atoms with Crippen molar-refractivity contribution in [3.05, 3.63) is 35.9 Å². The molecule has 2 aromatic rings. The summed E-state index contributed by atoms with van der Waals surface area (Å²) >= 11 is 0. The Kier molecular flexibility index (Phi) is 4.17. The van der Waals surface area contributed by atoms with Gasteiger partial charge in [0.05, 0.1) is 17.1 Å². The number of hydrogen-bond acceptors (Lipinski definition) is 5. The minimum absolute atomic E-state index is 0.0753. The summed E-state index contributed by atoms with van der Waals surface area (Å²) in [6.07, 6.45) is 0. The first kappa shape index (κ1) is 14.6. The SMILES string of the molecule is CCNCc1nc(C)nn1-c1ccc(S(N)(=O)=O)cc1. The van der Waals surface area contributed by atoms with Gasteiger partial charge < -0.3 is 5.32 Å². The number of hydrogen-bond donors (Lipinski definition) is 2. The summed E-state index contributed by atoms with van der Waals surface area (Å²) in [5.41, 5.74) is 0.742. The highest BCUT2D eigenvalue weighted by atomic mass is 32.2. The normalized spacial score (nSPS) is 11.8. The lowest BCUT2D eigenvalue weighted by atomic mass is 10.3. The van der Waals surface area contributed by atoms with Gasteiger partial charge in [-0.2, -0.15) is 5.10 Å². The van der Waals surface area contributed by atoms with Crippen LogP contribution in [0.2, 0.25) is 0 Å². The molecular weight excluding hydrogens is 278 g/mol. The van der Waals surface area contributed by atoms with E-state index in [1.54, 1.807) is 16.8 Å². The quantitative estimate of drug-likeness (QED) is 0.827. The lowest BCUT2D eigenvalue weighted by molar-refractivity contribution is 0.597. The van der Waals surface area contributed by atoms with Gasteiger partial charge in [0, 0.05) is 0 Å². The number of primary sulfonamides is 1. The molecule has 8 heteroatoms. The van der Waals surface area contributed by atoms with Crippen LogP contribution in [0.4, 0.5) is 0 Å². The highest BCUT2D eigenvalue weighted by Crippen LogP contribution is 2.14. The third-order valence-corrected chi connectivity index (χ3v) is 3.65. The third-order valence-electron chi connectivity index (χ3n) is 2.72. The van der Waals surface area contributed by atoms with E-state index in [9.17, 15) is 8.42 Å². The highest BCUT2D eigenvalue weighted by Gasteiger charge is 2.11. The van der Waals surface area contributed by atoms with Gasteiger partial charge in [-0.05, 0) is 37.7 Å². The van der Waals surface area contributed by atoms with Crippen molar-refractivity contribution in [1.29, 1.82) is 0 Å². The Balaban J connectivity index is 2.36. The summed E-state index contributed by atoms with van der Waals surface area (Å²) in [7, 11) is -3.68. The van der Waals surface area contributed by atoms with E-state index >= 15 is 0 Å². The van der Waals surface area contributed by atoms with Crippen molar-refractivity contribution < 1.29 is 8.42 Å². The Morgan fingerprint density at radius 2 is 1.95 bits per heavy atom. The lowest BCUT2D eigenvalue weighted by Crippen LogP contribution is -2.16. The molecule has 1 heterocycles. The van der Waals surface area contributed by atoms with Gasteiger partial charge in [0.1, 0.15) is 11.6 Å². The monoisotopic (exact) mass is 295 g/mol. The predicted molar refractivity (Wildman–Crippen MR) is 74.8 cm³/mol. The number of rotatable bonds is 5. The number of aromatic nitrogens is 3. The number of nitrogens with zero attached hydrogens (tertiary/aromatic N) is 3. The van der Waals surface area contributed by atoms with E-state index in [1.807, 2.05) is 13.8 Å². The summed E-state index contributed by atoms with van der Waals surface area (Å²) in [4.78, 5) is 4.42. The van der Waals surface area contributed by atoms with Gasteiger partial charge in [-0.3, -0.25) is 0 Å². The molecule has 7 nitrogen and oxygen atoms in total. The number of aryl methyl sites for hydroxylation is 1. The van der Waals surface area contributed by atoms with Crippen LogP contribution in [0.1, 0.15) is 18.6 Å². The average molecular weight is 295 g/mol. The molecule has 0 aliphatic carbocycles. The molecule has 3 N–H and O–H groups in total. The van der Waals surface area contributed by atoms with Gasteiger partial charge in [-0.1, -0.05) is 6.92 Å². The minimum Gasteiger partial charge on any atom is -0.310 e. The zero-order valence-corrected chi connectivity index (χ0v) is 12.2. The van der Waals surface area contributed by atoms with Crippen LogP contribution in [0.3, 0.4) is 0 Å². The summed E-state index contributed by atoms with van der Waals surface area (Å²) < 4.78 is 24.1. The Morgan fingerprint density at radius 3 is 2.50 bits per heavy atom. The Morgan fingerprint density at radius 1 is 1.30 bits per heavy atom. The first-order valence-electron chi connectivity index (χ1n) is 6.18. The highest BCUT2D eigenvalue weighted by molar-refractivity contribution is 7.89. The van der Waals surface area contributed by atoms with Crippen LogP contribution < -0.4 is 10.5 Å². The molecule has 0 aliphatic heterocycles. The van der Waals surface area contributed by atoms with Crippen LogP contribution >= 0.6 is 0 Å². The minimum atomic E-state index is -3.68. The molecular formula is C12H17N5O2S. The standard InChI is InChI=1S/C12H17N5O2S/c1-3-14-8-12-15-9(2)16-17(12)10-4-6-11(7-5-10)20(13,18)19/h4-7,14H,3,8H2,1-2H3,(H2,13,18,19). The zero-order chi connectivity index (χ0) is 14.8. The van der Waals surface area contributed by atoms with Crippen molar-refractivity contribution in [2.75, 3.05) is 6.54 Å². The molecule has 0 bridgehead atoms. The molecule has 0 spiro atoms. The van der Waals surface area contributed by atoms with Gasteiger partial charge in [0.25, 0.3) is 0 Å². The molecule has 1 aromatic heterocycles. The van der Waals surface area contributed by atoms with E-state index in [0.29, 0.717) is 12.4 Å². The number of nitrogens with one attached hydrogen (secondary N) is 1. The lowest BCUT2D eigenvalue weighted by Gasteiger charge is -2.07. The van der Waals surface area contributed by atoms with E-state index in [-0.39, 0.29) is 4.90 Å². The van der Waals surface area contributed by atoms with Gasteiger partial charge in [-0.15, -0.1) is 0 Å². The summed E-state index contributed by atoms with van der Waals surface area (Å²) in [6.45, 7) is 5.24. The number of sulfonamides is 1. The third kappa shape index (κ3) is 3.21. The van der Waals surface area contributed by atoms with Crippen LogP contribution in [0.25, 0.3) is 5.69 Å². The molecule has 2 rings (SSSR count). The van der Waals surface area contributed by atoms with Crippen molar-refractivity contribution in [3.8, 4) is 5.69 Å². The molecule has 0 radical (unpaired) electrons. The molecule has 1 aromatic carbocycles. The molecule has 20 heavy (non-hydrogen) atoms. The fourth-order valence-corrected chi connectivity index (χ4v) is 2.31. The van der Waals surface area contributed by atoms with Gasteiger partial charge in [-0.25, -0.2) is 23.2 Å². The summed E-state index contributed by atoms with van der Waals surface area (Å²) in [6, 6.07) is 6.23. The van der Waals surface area contributed by atoms with Crippen LogP contribution in [-0.2, 0) is 16.6 Å². The number of nitrogens with two attached hydrogens (primary N) is 1. The van der Waals surface area contributed by atoms with Crippen molar-refractivity contribution in [1.82, 2.24) is 20.1 Å². The Labute approximate surface area is 117 Å². The molecule has 0 aliphatic rings.